The van der Waals surface area contributed by atoms with Gasteiger partial charge < -0.3 is 14.6 Å². The molecule has 0 amide bonds. The van der Waals surface area contributed by atoms with Crippen LogP contribution in [0.1, 0.15) is 15.9 Å². The number of rotatable bonds is 3. The second-order valence-electron chi connectivity index (χ2n) is 2.92. The maximum atomic E-state index is 13.3. The number of hydrogen-bond acceptors (Lipinski definition) is 3. The first-order valence-corrected chi connectivity index (χ1v) is 4.17. The van der Waals surface area contributed by atoms with Gasteiger partial charge in [0.15, 0.2) is 11.6 Å². The topological polar surface area (TPSA) is 55.8 Å². The summed E-state index contributed by atoms with van der Waals surface area (Å²) in [4.78, 5) is 10.9. The zero-order valence-corrected chi connectivity index (χ0v) is 8.63. The SMILES string of the molecule is COc1c(C)cc(F)c(OC)c1C(=O)O. The van der Waals surface area contributed by atoms with Gasteiger partial charge >= 0.3 is 5.97 Å². The first-order chi connectivity index (χ1) is 7.02. The molecule has 0 bridgehead atoms. The normalized spacial score (nSPS) is 9.87. The first kappa shape index (κ1) is 11.3. The van der Waals surface area contributed by atoms with E-state index in [9.17, 15) is 9.18 Å². The van der Waals surface area contributed by atoms with Gasteiger partial charge in [-0.15, -0.1) is 0 Å². The zero-order valence-electron chi connectivity index (χ0n) is 8.63. The number of aryl methyl sites for hydroxylation is 1. The molecule has 1 N–H and O–H groups in total. The molecule has 0 aromatic heterocycles. The maximum Gasteiger partial charge on any atom is 0.343 e. The van der Waals surface area contributed by atoms with Crippen molar-refractivity contribution in [1.29, 1.82) is 0 Å². The van der Waals surface area contributed by atoms with Crippen LogP contribution in [0.5, 0.6) is 11.5 Å². The van der Waals surface area contributed by atoms with Gasteiger partial charge in [0, 0.05) is 0 Å². The Kier molecular flexibility index (Phi) is 3.14. The number of methoxy groups -OCH3 is 2. The summed E-state index contributed by atoms with van der Waals surface area (Å²) >= 11 is 0. The average molecular weight is 214 g/mol. The lowest BCUT2D eigenvalue weighted by atomic mass is 10.1. The van der Waals surface area contributed by atoms with Crippen LogP contribution < -0.4 is 9.47 Å². The van der Waals surface area contributed by atoms with Gasteiger partial charge in [0.05, 0.1) is 14.2 Å². The quantitative estimate of drug-likeness (QED) is 0.834. The molecule has 0 fully saturated rings. The van der Waals surface area contributed by atoms with Gasteiger partial charge in [-0.05, 0) is 18.6 Å². The van der Waals surface area contributed by atoms with Crippen LogP contribution in [0.4, 0.5) is 4.39 Å². The second-order valence-corrected chi connectivity index (χ2v) is 2.92. The van der Waals surface area contributed by atoms with E-state index in [1.165, 1.54) is 20.3 Å². The predicted molar refractivity (Wildman–Crippen MR) is 51.2 cm³/mol. The molecule has 15 heavy (non-hydrogen) atoms. The predicted octanol–water partition coefficient (Wildman–Crippen LogP) is 1.85. The van der Waals surface area contributed by atoms with Crippen molar-refractivity contribution in [1.82, 2.24) is 0 Å². The van der Waals surface area contributed by atoms with Crippen LogP contribution in [-0.2, 0) is 0 Å². The van der Waals surface area contributed by atoms with E-state index in [1.807, 2.05) is 0 Å². The van der Waals surface area contributed by atoms with Crippen molar-refractivity contribution in [2.75, 3.05) is 14.2 Å². The van der Waals surface area contributed by atoms with E-state index in [4.69, 9.17) is 14.6 Å². The van der Waals surface area contributed by atoms with Crippen LogP contribution in [0, 0.1) is 12.7 Å². The third-order valence-corrected chi connectivity index (χ3v) is 1.99. The van der Waals surface area contributed by atoms with Crippen molar-refractivity contribution in [2.45, 2.75) is 6.92 Å². The van der Waals surface area contributed by atoms with E-state index in [2.05, 4.69) is 0 Å². The number of hydrogen-bond donors (Lipinski definition) is 1. The molecule has 0 aliphatic carbocycles. The molecule has 0 aliphatic heterocycles. The molecule has 1 aromatic rings. The molecule has 0 saturated heterocycles. The Labute approximate surface area is 86.2 Å². The smallest absolute Gasteiger partial charge is 0.343 e. The Hall–Kier alpha value is -1.78. The van der Waals surface area contributed by atoms with Crippen LogP contribution in [0.25, 0.3) is 0 Å². The molecule has 1 aromatic carbocycles. The van der Waals surface area contributed by atoms with E-state index in [0.717, 1.165) is 0 Å². The highest BCUT2D eigenvalue weighted by molar-refractivity contribution is 5.94. The largest absolute Gasteiger partial charge is 0.495 e. The monoisotopic (exact) mass is 214 g/mol. The molecule has 0 aliphatic rings. The van der Waals surface area contributed by atoms with Gasteiger partial charge in [-0.3, -0.25) is 0 Å². The van der Waals surface area contributed by atoms with E-state index >= 15 is 0 Å². The lowest BCUT2D eigenvalue weighted by Gasteiger charge is -2.12. The fraction of sp³-hybridized carbons (Fsp3) is 0.300. The highest BCUT2D eigenvalue weighted by Crippen LogP contribution is 2.34. The Morgan fingerprint density at radius 3 is 2.27 bits per heavy atom. The first-order valence-electron chi connectivity index (χ1n) is 4.17. The summed E-state index contributed by atoms with van der Waals surface area (Å²) in [5, 5.41) is 8.93. The minimum atomic E-state index is -1.29. The molecule has 4 nitrogen and oxygen atoms in total. The number of carboxylic acid groups (broad SMARTS) is 1. The molecule has 1 rings (SSSR count). The van der Waals surface area contributed by atoms with Crippen LogP contribution in [0.3, 0.4) is 0 Å². The van der Waals surface area contributed by atoms with Gasteiger partial charge in [-0.1, -0.05) is 0 Å². The molecular formula is C10H11FO4. The number of aromatic carboxylic acids is 1. The number of carboxylic acids is 1. The Balaban J connectivity index is 3.58. The fourth-order valence-electron chi connectivity index (χ4n) is 1.40. The van der Waals surface area contributed by atoms with Crippen molar-refractivity contribution in [3.63, 3.8) is 0 Å². The number of benzene rings is 1. The summed E-state index contributed by atoms with van der Waals surface area (Å²) in [5.41, 5.74) is 0.116. The van der Waals surface area contributed by atoms with E-state index < -0.39 is 11.8 Å². The van der Waals surface area contributed by atoms with Crippen LogP contribution in [0.15, 0.2) is 6.07 Å². The van der Waals surface area contributed by atoms with Crippen molar-refractivity contribution < 1.29 is 23.8 Å². The van der Waals surface area contributed by atoms with Crippen LogP contribution >= 0.6 is 0 Å². The third-order valence-electron chi connectivity index (χ3n) is 1.99. The van der Waals surface area contributed by atoms with Crippen LogP contribution in [0.2, 0.25) is 0 Å². The summed E-state index contributed by atoms with van der Waals surface area (Å²) in [6.45, 7) is 1.56. The van der Waals surface area contributed by atoms with Crippen molar-refractivity contribution >= 4 is 5.97 Å². The minimum Gasteiger partial charge on any atom is -0.495 e. The molecule has 0 radical (unpaired) electrons. The molecule has 0 heterocycles. The molecule has 5 heteroatoms. The molecular weight excluding hydrogens is 203 g/mol. The van der Waals surface area contributed by atoms with Gasteiger partial charge in [-0.2, -0.15) is 0 Å². The molecule has 82 valence electrons. The summed E-state index contributed by atoms with van der Waals surface area (Å²) < 4.78 is 23.0. The summed E-state index contributed by atoms with van der Waals surface area (Å²) in [6, 6.07) is 1.17. The Morgan fingerprint density at radius 2 is 1.87 bits per heavy atom. The fourth-order valence-corrected chi connectivity index (χ4v) is 1.40. The summed E-state index contributed by atoms with van der Waals surface area (Å²) in [6.07, 6.45) is 0. The number of carbonyl (C=O) groups is 1. The number of halogens is 1. The highest BCUT2D eigenvalue weighted by atomic mass is 19.1. The van der Waals surface area contributed by atoms with Crippen LogP contribution in [-0.4, -0.2) is 25.3 Å². The maximum absolute atomic E-state index is 13.3. The number of ether oxygens (including phenoxy) is 2. The Morgan fingerprint density at radius 1 is 1.33 bits per heavy atom. The molecule has 0 unspecified atom stereocenters. The van der Waals surface area contributed by atoms with Gasteiger partial charge in [0.2, 0.25) is 0 Å². The van der Waals surface area contributed by atoms with E-state index in [0.29, 0.717) is 5.56 Å². The summed E-state index contributed by atoms with van der Waals surface area (Å²) in [7, 11) is 2.53. The molecule has 0 saturated carbocycles. The highest BCUT2D eigenvalue weighted by Gasteiger charge is 2.23. The minimum absolute atomic E-state index is 0.112. The second kappa shape index (κ2) is 4.16. The zero-order chi connectivity index (χ0) is 11.6. The Bertz CT molecular complexity index is 373. The summed E-state index contributed by atoms with van der Waals surface area (Å²) in [5.74, 6) is -2.20. The van der Waals surface area contributed by atoms with E-state index in [1.54, 1.807) is 6.92 Å². The average Bonchev–Trinajstić information content (AvgIpc) is 2.16. The lowest BCUT2D eigenvalue weighted by Crippen LogP contribution is -2.07. The van der Waals surface area contributed by atoms with Crippen molar-refractivity contribution in [3.05, 3.63) is 23.0 Å². The van der Waals surface area contributed by atoms with Crippen molar-refractivity contribution in [3.8, 4) is 11.5 Å². The van der Waals surface area contributed by atoms with E-state index in [-0.39, 0.29) is 17.1 Å². The van der Waals surface area contributed by atoms with Crippen molar-refractivity contribution in [2.24, 2.45) is 0 Å². The molecule has 0 spiro atoms. The lowest BCUT2D eigenvalue weighted by molar-refractivity contribution is 0.0688. The van der Waals surface area contributed by atoms with Gasteiger partial charge in [0.25, 0.3) is 0 Å². The van der Waals surface area contributed by atoms with Gasteiger partial charge in [-0.25, -0.2) is 9.18 Å². The molecule has 0 atom stereocenters. The standard InChI is InChI=1S/C10H11FO4/c1-5-4-6(11)9(15-3)7(10(12)13)8(5)14-2/h4H,1-3H3,(H,12,13). The third kappa shape index (κ3) is 1.86. The van der Waals surface area contributed by atoms with Gasteiger partial charge in [0.1, 0.15) is 11.3 Å².